The maximum Gasteiger partial charge on any atom is 0.137 e. The first-order chi connectivity index (χ1) is 21.3. The van der Waals surface area contributed by atoms with Crippen molar-refractivity contribution in [2.45, 2.75) is 25.4 Å². The number of nitrogens with one attached hydrogen (secondary N) is 2. The summed E-state index contributed by atoms with van der Waals surface area (Å²) in [5, 5.41) is 9.17. The molecule has 0 aliphatic carbocycles. The van der Waals surface area contributed by atoms with Gasteiger partial charge in [-0.25, -0.2) is 15.0 Å². The number of pyridine rings is 1. The summed E-state index contributed by atoms with van der Waals surface area (Å²) in [6, 6.07) is 27.1. The van der Waals surface area contributed by atoms with Gasteiger partial charge in [0.2, 0.25) is 0 Å². The molecule has 2 N–H and O–H groups in total. The van der Waals surface area contributed by atoms with Gasteiger partial charge in [-0.2, -0.15) is 0 Å². The SMILES string of the molecule is C(=C=NCCNc1ccnc2ccccc12)=CCOc1ccc2c(NC3CCN(Cc4ccccc4)CC3)ncnc2c1. The van der Waals surface area contributed by atoms with Crippen LogP contribution in [-0.4, -0.2) is 64.5 Å². The number of anilines is 2. The number of piperidine rings is 1. The second kappa shape index (κ2) is 14.3. The number of rotatable bonds is 11. The molecule has 0 bridgehead atoms. The number of para-hydroxylation sites is 1. The van der Waals surface area contributed by atoms with E-state index in [1.54, 1.807) is 12.4 Å². The first-order valence-corrected chi connectivity index (χ1v) is 14.8. The fourth-order valence-electron chi connectivity index (χ4n) is 5.34. The van der Waals surface area contributed by atoms with Crippen LogP contribution in [0.3, 0.4) is 0 Å². The number of likely N-dealkylation sites (tertiary alicyclic amines) is 1. The van der Waals surface area contributed by atoms with Crippen LogP contribution in [-0.2, 0) is 6.54 Å². The van der Waals surface area contributed by atoms with Crippen LogP contribution >= 0.6 is 0 Å². The quantitative estimate of drug-likeness (QED) is 0.112. The average Bonchev–Trinajstić information content (AvgIpc) is 3.05. The van der Waals surface area contributed by atoms with Crippen LogP contribution in [0.5, 0.6) is 5.75 Å². The molecule has 0 atom stereocenters. The smallest absolute Gasteiger partial charge is 0.137 e. The van der Waals surface area contributed by atoms with Crippen molar-refractivity contribution in [2.24, 2.45) is 4.99 Å². The molecule has 0 amide bonds. The van der Waals surface area contributed by atoms with Crippen LogP contribution in [0.25, 0.3) is 21.8 Å². The Morgan fingerprint density at radius 1 is 0.907 bits per heavy atom. The lowest BCUT2D eigenvalue weighted by Gasteiger charge is -2.32. The summed E-state index contributed by atoms with van der Waals surface area (Å²) < 4.78 is 5.89. The van der Waals surface area contributed by atoms with E-state index in [9.17, 15) is 0 Å². The van der Waals surface area contributed by atoms with Crippen LogP contribution in [0.15, 0.2) is 108 Å². The summed E-state index contributed by atoms with van der Waals surface area (Å²) in [6.45, 7) is 4.80. The van der Waals surface area contributed by atoms with Gasteiger partial charge in [-0.3, -0.25) is 9.88 Å². The second-order valence-electron chi connectivity index (χ2n) is 10.5. The molecule has 8 nitrogen and oxygen atoms in total. The van der Waals surface area contributed by atoms with Crippen molar-refractivity contribution in [3.63, 3.8) is 0 Å². The van der Waals surface area contributed by atoms with E-state index >= 15 is 0 Å². The van der Waals surface area contributed by atoms with E-state index in [0.29, 0.717) is 25.7 Å². The lowest BCUT2D eigenvalue weighted by molar-refractivity contribution is 0.211. The van der Waals surface area contributed by atoms with Crippen molar-refractivity contribution < 1.29 is 4.74 Å². The number of aliphatic imine (C=N–C) groups is 1. The Labute approximate surface area is 251 Å². The van der Waals surface area contributed by atoms with E-state index in [0.717, 1.165) is 71.5 Å². The highest BCUT2D eigenvalue weighted by Crippen LogP contribution is 2.26. The Hall–Kier alpha value is -5.00. The molecule has 1 aliphatic rings. The predicted molar refractivity (Wildman–Crippen MR) is 174 cm³/mol. The Balaban J connectivity index is 0.959. The van der Waals surface area contributed by atoms with E-state index in [4.69, 9.17) is 4.74 Å². The molecule has 0 radical (unpaired) electrons. The van der Waals surface area contributed by atoms with Crippen LogP contribution in [0, 0.1) is 0 Å². The minimum absolute atomic E-state index is 0.368. The lowest BCUT2D eigenvalue weighted by Crippen LogP contribution is -2.38. The zero-order chi connectivity index (χ0) is 29.1. The van der Waals surface area contributed by atoms with Crippen LogP contribution < -0.4 is 15.4 Å². The van der Waals surface area contributed by atoms with Gasteiger partial charge in [-0.15, -0.1) is 0 Å². The standard InChI is InChI=1S/C35H35N7O/c1-2-8-27(9-3-1)25-42-21-15-28(16-22-42)41-35-31-13-12-29(24-34(31)39-26-40-35)43-23-7-6-17-36-19-20-38-33-14-18-37-32-11-5-4-10-30(32)33/h1-5,7-14,18,24,26,28H,15-16,19-23,25H2,(H,37,38)(H,39,40,41). The number of ether oxygens (including phenoxy) is 1. The molecule has 5 aromatic rings. The molecular formula is C35H35N7O. The van der Waals surface area contributed by atoms with Gasteiger partial charge in [0, 0.05) is 72.9 Å². The van der Waals surface area contributed by atoms with Crippen molar-refractivity contribution in [3.8, 4) is 5.75 Å². The van der Waals surface area contributed by atoms with Gasteiger partial charge in [0.1, 0.15) is 24.5 Å². The summed E-state index contributed by atoms with van der Waals surface area (Å²) in [6.07, 6.45) is 7.37. The summed E-state index contributed by atoms with van der Waals surface area (Å²) >= 11 is 0. The molecule has 1 aliphatic heterocycles. The normalized spacial score (nSPS) is 13.7. The van der Waals surface area contributed by atoms with Crippen molar-refractivity contribution >= 4 is 39.2 Å². The number of hydrogen-bond acceptors (Lipinski definition) is 8. The van der Waals surface area contributed by atoms with Crippen LogP contribution in [0.1, 0.15) is 18.4 Å². The molecule has 6 rings (SSSR count). The van der Waals surface area contributed by atoms with Gasteiger partial charge in [-0.1, -0.05) is 54.3 Å². The lowest BCUT2D eigenvalue weighted by atomic mass is 10.0. The van der Waals surface area contributed by atoms with Gasteiger partial charge >= 0.3 is 0 Å². The Morgan fingerprint density at radius 3 is 2.67 bits per heavy atom. The van der Waals surface area contributed by atoms with E-state index < -0.39 is 0 Å². The average molecular weight is 570 g/mol. The molecular weight excluding hydrogens is 534 g/mol. The molecule has 3 aromatic carbocycles. The summed E-state index contributed by atoms with van der Waals surface area (Å²) in [5.74, 6) is 4.46. The fourth-order valence-corrected chi connectivity index (χ4v) is 5.34. The van der Waals surface area contributed by atoms with Crippen molar-refractivity contribution in [1.29, 1.82) is 0 Å². The summed E-state index contributed by atoms with van der Waals surface area (Å²) in [4.78, 5) is 20.2. The highest BCUT2D eigenvalue weighted by Gasteiger charge is 2.20. The Kier molecular flexibility index (Phi) is 9.33. The van der Waals surface area contributed by atoms with Crippen LogP contribution in [0.4, 0.5) is 11.5 Å². The highest BCUT2D eigenvalue weighted by atomic mass is 16.5. The summed E-state index contributed by atoms with van der Waals surface area (Å²) in [5.41, 5.74) is 7.20. The molecule has 0 unspecified atom stereocenters. The molecule has 1 saturated heterocycles. The van der Waals surface area contributed by atoms with Gasteiger partial charge < -0.3 is 15.4 Å². The molecule has 0 spiro atoms. The van der Waals surface area contributed by atoms with E-state index in [-0.39, 0.29) is 0 Å². The predicted octanol–water partition coefficient (Wildman–Crippen LogP) is 6.13. The third-order valence-electron chi connectivity index (χ3n) is 7.55. The van der Waals surface area contributed by atoms with Crippen molar-refractivity contribution in [1.82, 2.24) is 19.9 Å². The van der Waals surface area contributed by atoms with Gasteiger partial charge in [0.15, 0.2) is 0 Å². The first-order valence-electron chi connectivity index (χ1n) is 14.8. The zero-order valence-electron chi connectivity index (χ0n) is 24.1. The van der Waals surface area contributed by atoms with E-state index in [1.807, 2.05) is 48.7 Å². The number of fused-ring (bicyclic) bond motifs is 2. The number of nitrogens with zero attached hydrogens (tertiary/aromatic N) is 5. The van der Waals surface area contributed by atoms with Crippen molar-refractivity contribution in [3.05, 3.63) is 109 Å². The summed E-state index contributed by atoms with van der Waals surface area (Å²) in [7, 11) is 0. The van der Waals surface area contributed by atoms with Gasteiger partial charge in [-0.05, 0) is 42.7 Å². The minimum atomic E-state index is 0.368. The Morgan fingerprint density at radius 2 is 1.77 bits per heavy atom. The number of hydrogen-bond donors (Lipinski definition) is 2. The molecule has 1 fully saturated rings. The van der Waals surface area contributed by atoms with E-state index in [2.05, 4.69) is 83.5 Å². The monoisotopic (exact) mass is 569 g/mol. The first kappa shape index (κ1) is 28.1. The highest BCUT2D eigenvalue weighted by molar-refractivity contribution is 5.91. The van der Waals surface area contributed by atoms with Crippen LogP contribution in [0.2, 0.25) is 0 Å². The third-order valence-corrected chi connectivity index (χ3v) is 7.55. The minimum Gasteiger partial charge on any atom is -0.489 e. The molecule has 0 saturated carbocycles. The van der Waals surface area contributed by atoms with E-state index in [1.165, 1.54) is 5.56 Å². The number of aromatic nitrogens is 3. The van der Waals surface area contributed by atoms with Gasteiger partial charge in [0.05, 0.1) is 17.6 Å². The van der Waals surface area contributed by atoms with Crippen molar-refractivity contribution in [2.75, 3.05) is 43.4 Å². The Bertz CT molecular complexity index is 1750. The number of benzene rings is 3. The second-order valence-corrected chi connectivity index (χ2v) is 10.5. The molecule has 43 heavy (non-hydrogen) atoms. The molecule has 3 heterocycles. The maximum atomic E-state index is 5.89. The largest absolute Gasteiger partial charge is 0.489 e. The third kappa shape index (κ3) is 7.64. The molecule has 8 heteroatoms. The molecule has 2 aromatic heterocycles. The zero-order valence-corrected chi connectivity index (χ0v) is 24.1. The topological polar surface area (TPSA) is 87.6 Å². The maximum absolute atomic E-state index is 5.89. The molecule has 216 valence electrons. The fraction of sp³-hybridized carbons (Fsp3) is 0.257. The van der Waals surface area contributed by atoms with Gasteiger partial charge in [0.25, 0.3) is 0 Å².